The fraction of sp³-hybridized carbons (Fsp3) is 0.564. The smallest absolute Gasteiger partial charge is 0.121 e. The first kappa shape index (κ1) is 49.9. The number of nitrogens with zero attached hydrogens (tertiary/aromatic N) is 2. The predicted octanol–water partition coefficient (Wildman–Crippen LogP) is 11.7. The maximum Gasteiger partial charge on any atom is 0.121 e. The van der Waals surface area contributed by atoms with E-state index in [9.17, 15) is 0 Å². The lowest BCUT2D eigenvalue weighted by atomic mass is 10.0. The Bertz CT molecular complexity index is 1910. The number of likely N-dealkylation sites (tertiary alicyclic amines) is 2. The highest BCUT2D eigenvalue weighted by molar-refractivity contribution is 5.63. The number of piperidine rings is 4. The van der Waals surface area contributed by atoms with Gasteiger partial charge in [0.1, 0.15) is 35.2 Å². The summed E-state index contributed by atoms with van der Waals surface area (Å²) in [6.45, 7) is 14.8. The largest absolute Gasteiger partial charge is 0.493 e. The molecule has 4 fully saturated rings. The van der Waals surface area contributed by atoms with Crippen molar-refractivity contribution in [3.05, 3.63) is 97.1 Å². The molecule has 4 saturated heterocycles. The third-order valence-electron chi connectivity index (χ3n) is 13.1. The molecule has 2 atom stereocenters. The van der Waals surface area contributed by atoms with Gasteiger partial charge in [-0.2, -0.15) is 0 Å². The lowest BCUT2D eigenvalue weighted by Gasteiger charge is -2.32. The van der Waals surface area contributed by atoms with Gasteiger partial charge in [0, 0.05) is 72.2 Å². The third kappa shape index (κ3) is 18.7. The predicted molar refractivity (Wildman–Crippen MR) is 271 cm³/mol. The summed E-state index contributed by atoms with van der Waals surface area (Å²) in [6, 6.07) is 34.2. The molecule has 4 aliphatic rings. The van der Waals surface area contributed by atoms with Crippen LogP contribution in [0.25, 0.3) is 0 Å². The van der Waals surface area contributed by atoms with Crippen molar-refractivity contribution in [3.63, 3.8) is 0 Å². The average molecular weight is 891 g/mol. The Morgan fingerprint density at radius 2 is 1.06 bits per heavy atom. The minimum atomic E-state index is 0.308. The molecule has 10 heteroatoms. The number of benzene rings is 4. The first-order valence-electron chi connectivity index (χ1n) is 25.1. The molecule has 10 nitrogen and oxygen atoms in total. The summed E-state index contributed by atoms with van der Waals surface area (Å²) in [5.74, 6) is 4.57. The molecule has 4 N–H and O–H groups in total. The molecule has 65 heavy (non-hydrogen) atoms. The van der Waals surface area contributed by atoms with Gasteiger partial charge < -0.3 is 50.0 Å². The van der Waals surface area contributed by atoms with Crippen LogP contribution in [0, 0.1) is 5.92 Å². The molecule has 0 amide bonds. The summed E-state index contributed by atoms with van der Waals surface area (Å²) >= 11 is 0. The van der Waals surface area contributed by atoms with Gasteiger partial charge in [-0.1, -0.05) is 64.3 Å². The first-order chi connectivity index (χ1) is 31.8. The second-order valence-corrected chi connectivity index (χ2v) is 18.9. The normalized spacial score (nSPS) is 19.8. The van der Waals surface area contributed by atoms with E-state index < -0.39 is 0 Å². The monoisotopic (exact) mass is 891 g/mol. The van der Waals surface area contributed by atoms with Crippen molar-refractivity contribution >= 4 is 22.7 Å². The molecule has 4 heterocycles. The van der Waals surface area contributed by atoms with Crippen molar-refractivity contribution in [3.8, 4) is 23.0 Å². The van der Waals surface area contributed by atoms with Crippen LogP contribution in [0.15, 0.2) is 97.1 Å². The van der Waals surface area contributed by atoms with Crippen molar-refractivity contribution in [2.45, 2.75) is 129 Å². The summed E-state index contributed by atoms with van der Waals surface area (Å²) in [4.78, 5) is 4.84. The number of hydrogen-bond acceptors (Lipinski definition) is 10. The van der Waals surface area contributed by atoms with Crippen LogP contribution in [0.4, 0.5) is 22.7 Å². The topological polar surface area (TPSA) is 91.5 Å². The summed E-state index contributed by atoms with van der Waals surface area (Å²) in [5.41, 5.74) is 4.12. The molecule has 4 aromatic rings. The zero-order valence-electron chi connectivity index (χ0n) is 40.5. The molecule has 2 unspecified atom stereocenters. The van der Waals surface area contributed by atoms with Crippen LogP contribution in [-0.2, 0) is 0 Å². The van der Waals surface area contributed by atoms with E-state index in [2.05, 4.69) is 114 Å². The summed E-state index contributed by atoms with van der Waals surface area (Å²) in [7, 11) is 4.41. The van der Waals surface area contributed by atoms with Crippen LogP contribution >= 0.6 is 0 Å². The minimum absolute atomic E-state index is 0.308. The molecule has 0 bridgehead atoms. The SMILES string of the molecule is CCC(C)C.CN1CCC(Oc2cccc(Nc3cccc(OC4CCNCC4)c3)c2)CC1.CN1CCCCC1CCOc1cccc(Nc2cccc(OCCC3CCCCN3)c2)c1. The van der Waals surface area contributed by atoms with Crippen molar-refractivity contribution in [1.82, 2.24) is 20.4 Å². The summed E-state index contributed by atoms with van der Waals surface area (Å²) in [6.07, 6.45) is 16.2. The zero-order valence-corrected chi connectivity index (χ0v) is 40.5. The molecule has 8 rings (SSSR count). The Balaban J connectivity index is 0.000000197. The maximum absolute atomic E-state index is 6.21. The van der Waals surface area contributed by atoms with Gasteiger partial charge in [-0.3, -0.25) is 0 Å². The van der Waals surface area contributed by atoms with Gasteiger partial charge in [-0.25, -0.2) is 0 Å². The van der Waals surface area contributed by atoms with E-state index >= 15 is 0 Å². The van der Waals surface area contributed by atoms with Gasteiger partial charge in [0.2, 0.25) is 0 Å². The van der Waals surface area contributed by atoms with E-state index in [1.807, 2.05) is 48.5 Å². The number of hydrogen-bond donors (Lipinski definition) is 4. The number of ether oxygens (including phenoxy) is 4. The number of nitrogens with one attached hydrogen (secondary N) is 4. The summed E-state index contributed by atoms with van der Waals surface area (Å²) in [5, 5.41) is 13.9. The first-order valence-corrected chi connectivity index (χ1v) is 25.1. The highest BCUT2D eigenvalue weighted by Gasteiger charge is 2.20. The highest BCUT2D eigenvalue weighted by Crippen LogP contribution is 2.28. The zero-order chi connectivity index (χ0) is 45.5. The lowest BCUT2D eigenvalue weighted by Crippen LogP contribution is -2.37. The van der Waals surface area contributed by atoms with Crippen LogP contribution < -0.4 is 40.2 Å². The van der Waals surface area contributed by atoms with E-state index in [0.717, 1.165) is 136 Å². The molecule has 0 saturated carbocycles. The fourth-order valence-corrected chi connectivity index (χ4v) is 8.67. The Morgan fingerprint density at radius 1 is 0.569 bits per heavy atom. The number of rotatable bonds is 17. The third-order valence-corrected chi connectivity index (χ3v) is 13.1. The van der Waals surface area contributed by atoms with Crippen molar-refractivity contribution in [2.24, 2.45) is 5.92 Å². The Kier molecular flexibility index (Phi) is 21.4. The molecule has 0 aromatic heterocycles. The molecule has 4 aromatic carbocycles. The Hall–Kier alpha value is -4.48. The molecule has 0 radical (unpaired) electrons. The molecular formula is C55H82N6O4. The van der Waals surface area contributed by atoms with Gasteiger partial charge in [0.05, 0.1) is 13.2 Å². The molecule has 356 valence electrons. The molecule has 0 aliphatic carbocycles. The van der Waals surface area contributed by atoms with Gasteiger partial charge in [0.15, 0.2) is 0 Å². The summed E-state index contributed by atoms with van der Waals surface area (Å²) < 4.78 is 24.5. The van der Waals surface area contributed by atoms with E-state index in [1.54, 1.807) is 0 Å². The lowest BCUT2D eigenvalue weighted by molar-refractivity contribution is 0.114. The van der Waals surface area contributed by atoms with E-state index in [4.69, 9.17) is 18.9 Å². The molecule has 0 spiro atoms. The fourth-order valence-electron chi connectivity index (χ4n) is 8.67. The van der Waals surface area contributed by atoms with Crippen LogP contribution in [0.5, 0.6) is 23.0 Å². The van der Waals surface area contributed by atoms with Gasteiger partial charge in [-0.15, -0.1) is 0 Å². The minimum Gasteiger partial charge on any atom is -0.493 e. The van der Waals surface area contributed by atoms with Gasteiger partial charge in [0.25, 0.3) is 0 Å². The number of anilines is 4. The van der Waals surface area contributed by atoms with E-state index in [0.29, 0.717) is 24.3 Å². The van der Waals surface area contributed by atoms with Crippen LogP contribution in [0.1, 0.15) is 104 Å². The molecular weight excluding hydrogens is 809 g/mol. The molecule has 4 aliphatic heterocycles. The second-order valence-electron chi connectivity index (χ2n) is 18.9. The quantitative estimate of drug-likeness (QED) is 0.0821. The maximum atomic E-state index is 6.21. The van der Waals surface area contributed by atoms with E-state index in [-0.39, 0.29) is 0 Å². The Morgan fingerprint density at radius 3 is 1.57 bits per heavy atom. The van der Waals surface area contributed by atoms with Gasteiger partial charge >= 0.3 is 0 Å². The van der Waals surface area contributed by atoms with Crippen molar-refractivity contribution < 1.29 is 18.9 Å². The highest BCUT2D eigenvalue weighted by atomic mass is 16.5. The van der Waals surface area contributed by atoms with Crippen LogP contribution in [-0.4, -0.2) is 101 Å². The Labute approximate surface area is 392 Å². The van der Waals surface area contributed by atoms with Crippen molar-refractivity contribution in [2.75, 3.05) is 77.2 Å². The average Bonchev–Trinajstić information content (AvgIpc) is 3.32. The van der Waals surface area contributed by atoms with Crippen molar-refractivity contribution in [1.29, 1.82) is 0 Å². The van der Waals surface area contributed by atoms with E-state index in [1.165, 1.54) is 51.5 Å². The van der Waals surface area contributed by atoms with Gasteiger partial charge in [-0.05, 0) is 159 Å². The van der Waals surface area contributed by atoms with Crippen LogP contribution in [0.3, 0.4) is 0 Å². The van der Waals surface area contributed by atoms with Crippen LogP contribution in [0.2, 0.25) is 0 Å². The second kappa shape index (κ2) is 27.9. The standard InChI is InChI=1S/C27H39N3O2.C23H31N3O2.C5H12/c1-30-17-5-3-11-25(30)15-19-32-27-13-7-10-24(21-27)29-23-9-6-12-26(20-23)31-18-14-22-8-2-4-16-28-22;1-26-14-10-21(11-15-26)28-23-7-3-5-19(17-23)25-18-4-2-6-22(16-18)27-20-8-12-24-13-9-20;1-4-5(2)3/h6-7,9-10,12-13,20-22,25,28-29H,2-5,8,11,14-19H2,1H3;2-7,16-17,20-21,24-25H,8-15H2,1H3;5H,4H2,1-3H3.